The molecule has 0 aliphatic heterocycles. The molecule has 1 atom stereocenters. The van der Waals surface area contributed by atoms with Crippen LogP contribution in [0.5, 0.6) is 0 Å². The summed E-state index contributed by atoms with van der Waals surface area (Å²) < 4.78 is 0. The van der Waals surface area contributed by atoms with Crippen LogP contribution in [0.1, 0.15) is 54.8 Å². The molecule has 23 heavy (non-hydrogen) atoms. The molecular formula is C20H26LiOP. The standard InChI is InChI=1S/C20H25OP.Li.H/c1-13-9-7-8-10-17(13)22-19(21)18-14(2)11-16(12-15(18)3)20(4,5)6;;/h7-12,22H,1-6H3;;/q;+1;-1. The topological polar surface area (TPSA) is 17.1 Å². The van der Waals surface area contributed by atoms with Gasteiger partial charge < -0.3 is 1.43 Å². The third kappa shape index (κ3) is 4.81. The molecular weight excluding hydrogens is 294 g/mol. The van der Waals surface area contributed by atoms with Crippen molar-refractivity contribution in [2.45, 2.75) is 47.0 Å². The van der Waals surface area contributed by atoms with Crippen molar-refractivity contribution in [3.05, 3.63) is 64.2 Å². The van der Waals surface area contributed by atoms with E-state index in [-0.39, 0.29) is 39.8 Å². The molecule has 0 amide bonds. The molecule has 0 N–H and O–H groups in total. The summed E-state index contributed by atoms with van der Waals surface area (Å²) >= 11 is 0. The van der Waals surface area contributed by atoms with Gasteiger partial charge in [0.1, 0.15) is 0 Å². The Kier molecular flexibility index (Phi) is 6.85. The maximum Gasteiger partial charge on any atom is 1.00 e. The second kappa shape index (κ2) is 7.81. The van der Waals surface area contributed by atoms with E-state index in [0.717, 1.165) is 22.0 Å². The van der Waals surface area contributed by atoms with Gasteiger partial charge in [0.05, 0.1) is 0 Å². The van der Waals surface area contributed by atoms with Crippen LogP contribution in [0.25, 0.3) is 0 Å². The van der Waals surface area contributed by atoms with Crippen LogP contribution in [0.3, 0.4) is 0 Å². The van der Waals surface area contributed by atoms with Crippen molar-refractivity contribution >= 4 is 19.4 Å². The average molecular weight is 320 g/mol. The minimum Gasteiger partial charge on any atom is -1.00 e. The number of aryl methyl sites for hydroxylation is 3. The van der Waals surface area contributed by atoms with Crippen LogP contribution in [0.2, 0.25) is 0 Å². The van der Waals surface area contributed by atoms with E-state index in [1.54, 1.807) is 0 Å². The van der Waals surface area contributed by atoms with Crippen LogP contribution in [-0.4, -0.2) is 5.52 Å². The molecule has 3 heteroatoms. The summed E-state index contributed by atoms with van der Waals surface area (Å²) in [5.41, 5.74) is 5.91. The summed E-state index contributed by atoms with van der Waals surface area (Å²) in [6, 6.07) is 12.5. The van der Waals surface area contributed by atoms with E-state index in [1.165, 1.54) is 11.1 Å². The first-order chi connectivity index (χ1) is 10.2. The Morgan fingerprint density at radius 1 is 0.957 bits per heavy atom. The minimum atomic E-state index is 0. The molecule has 0 saturated carbocycles. The van der Waals surface area contributed by atoms with Crippen LogP contribution >= 0.6 is 8.58 Å². The molecule has 0 radical (unpaired) electrons. The van der Waals surface area contributed by atoms with E-state index in [1.807, 2.05) is 12.1 Å². The monoisotopic (exact) mass is 320 g/mol. The molecule has 1 unspecified atom stereocenters. The van der Waals surface area contributed by atoms with E-state index in [2.05, 4.69) is 65.8 Å². The quantitative estimate of drug-likeness (QED) is 0.626. The van der Waals surface area contributed by atoms with Gasteiger partial charge >= 0.3 is 18.9 Å². The van der Waals surface area contributed by atoms with Crippen molar-refractivity contribution in [2.75, 3.05) is 0 Å². The first-order valence-electron chi connectivity index (χ1n) is 7.69. The largest absolute Gasteiger partial charge is 1.00 e. The fraction of sp³-hybridized carbons (Fsp3) is 0.350. The predicted molar refractivity (Wildman–Crippen MR) is 99.2 cm³/mol. The normalized spacial score (nSPS) is 11.6. The Balaban J connectivity index is 0.00000264. The summed E-state index contributed by atoms with van der Waals surface area (Å²) in [6.45, 7) is 12.8. The summed E-state index contributed by atoms with van der Waals surface area (Å²) in [5, 5.41) is 1.14. The minimum absolute atomic E-state index is 0. The van der Waals surface area contributed by atoms with E-state index in [4.69, 9.17) is 0 Å². The summed E-state index contributed by atoms with van der Waals surface area (Å²) in [6.07, 6.45) is 0. The first kappa shape index (κ1) is 20.2. The van der Waals surface area contributed by atoms with Crippen molar-refractivity contribution in [3.8, 4) is 0 Å². The van der Waals surface area contributed by atoms with Gasteiger partial charge in [-0.2, -0.15) is 0 Å². The number of hydrogen-bond acceptors (Lipinski definition) is 1. The molecule has 0 aliphatic rings. The van der Waals surface area contributed by atoms with Gasteiger partial charge in [-0.3, -0.25) is 4.79 Å². The molecule has 0 heterocycles. The zero-order chi connectivity index (χ0) is 16.5. The Hall–Kier alpha value is -0.863. The van der Waals surface area contributed by atoms with Gasteiger partial charge in [0.25, 0.3) is 0 Å². The van der Waals surface area contributed by atoms with Gasteiger partial charge in [-0.05, 0) is 62.3 Å². The Labute approximate surface area is 155 Å². The Morgan fingerprint density at radius 3 is 1.96 bits per heavy atom. The number of benzene rings is 2. The van der Waals surface area contributed by atoms with Gasteiger partial charge in [-0.1, -0.05) is 57.2 Å². The summed E-state index contributed by atoms with van der Waals surface area (Å²) in [4.78, 5) is 12.8. The van der Waals surface area contributed by atoms with Gasteiger partial charge in [-0.25, -0.2) is 0 Å². The van der Waals surface area contributed by atoms with Crippen molar-refractivity contribution in [2.24, 2.45) is 0 Å². The van der Waals surface area contributed by atoms with Gasteiger partial charge in [0, 0.05) is 5.56 Å². The second-order valence-corrected chi connectivity index (χ2v) is 8.25. The molecule has 0 spiro atoms. The molecule has 118 valence electrons. The fourth-order valence-corrected chi connectivity index (χ4v) is 3.88. The first-order valence-corrected chi connectivity index (χ1v) is 8.69. The van der Waals surface area contributed by atoms with Crippen molar-refractivity contribution in [3.63, 3.8) is 0 Å². The van der Waals surface area contributed by atoms with Crippen molar-refractivity contribution in [1.82, 2.24) is 0 Å². The van der Waals surface area contributed by atoms with Crippen LogP contribution in [-0.2, 0) is 5.41 Å². The molecule has 0 aliphatic carbocycles. The smallest absolute Gasteiger partial charge is 1.00 e. The van der Waals surface area contributed by atoms with Crippen molar-refractivity contribution < 1.29 is 25.1 Å². The maximum atomic E-state index is 12.8. The number of rotatable bonds is 3. The fourth-order valence-electron chi connectivity index (χ4n) is 2.65. The summed E-state index contributed by atoms with van der Waals surface area (Å²) in [7, 11) is 0.192. The molecule has 0 bridgehead atoms. The third-order valence-corrected chi connectivity index (χ3v) is 5.33. The second-order valence-electron chi connectivity index (χ2n) is 7.00. The van der Waals surface area contributed by atoms with Crippen LogP contribution < -0.4 is 24.2 Å². The molecule has 0 saturated heterocycles. The zero-order valence-corrected chi connectivity index (χ0v) is 16.4. The van der Waals surface area contributed by atoms with Crippen LogP contribution in [0.15, 0.2) is 36.4 Å². The van der Waals surface area contributed by atoms with Gasteiger partial charge in [0.2, 0.25) is 0 Å². The third-order valence-electron chi connectivity index (χ3n) is 4.02. The zero-order valence-electron chi connectivity index (χ0n) is 16.4. The molecule has 0 fully saturated rings. The van der Waals surface area contributed by atoms with Crippen molar-refractivity contribution in [1.29, 1.82) is 0 Å². The van der Waals surface area contributed by atoms with Gasteiger partial charge in [-0.15, -0.1) is 0 Å². The maximum absolute atomic E-state index is 12.8. The van der Waals surface area contributed by atoms with E-state index in [9.17, 15) is 4.79 Å². The SMILES string of the molecule is Cc1ccccc1PC(=O)c1c(C)cc(C(C)(C)C)cc1C.[H-].[Li+]. The van der Waals surface area contributed by atoms with E-state index >= 15 is 0 Å². The molecule has 1 nitrogen and oxygen atoms in total. The van der Waals surface area contributed by atoms with Crippen LogP contribution in [0, 0.1) is 20.8 Å². The van der Waals surface area contributed by atoms with E-state index in [0.29, 0.717) is 0 Å². The summed E-state index contributed by atoms with van der Waals surface area (Å²) in [5.74, 6) is 0. The average Bonchev–Trinajstić information content (AvgIpc) is 2.39. The molecule has 2 rings (SSSR count). The van der Waals surface area contributed by atoms with Crippen LogP contribution in [0.4, 0.5) is 0 Å². The number of carbonyl (C=O) groups excluding carboxylic acids is 1. The molecule has 2 aromatic rings. The molecule has 2 aromatic carbocycles. The van der Waals surface area contributed by atoms with E-state index < -0.39 is 0 Å². The Bertz CT molecular complexity index is 697. The predicted octanol–water partition coefficient (Wildman–Crippen LogP) is 2.17. The molecule has 0 aromatic heterocycles. The number of hydrogen-bond donors (Lipinski definition) is 0. The number of carbonyl (C=O) groups is 1. The van der Waals surface area contributed by atoms with Gasteiger partial charge in [0.15, 0.2) is 5.52 Å². The Morgan fingerprint density at radius 2 is 1.48 bits per heavy atom.